The molecule has 0 saturated carbocycles. The topological polar surface area (TPSA) is 40.5 Å². The van der Waals surface area contributed by atoms with Gasteiger partial charge in [-0.2, -0.15) is 13.2 Å². The summed E-state index contributed by atoms with van der Waals surface area (Å²) in [5, 5.41) is 9.36. The van der Waals surface area contributed by atoms with Gasteiger partial charge in [0, 0.05) is 19.1 Å². The molecule has 3 atom stereocenters. The van der Waals surface area contributed by atoms with Gasteiger partial charge >= 0.3 is 12.1 Å². The van der Waals surface area contributed by atoms with E-state index in [1.54, 1.807) is 6.92 Å². The minimum Gasteiger partial charge on any atom is -0.481 e. The van der Waals surface area contributed by atoms with Crippen LogP contribution in [0.15, 0.2) is 54.6 Å². The Hall–Kier alpha value is -2.34. The Labute approximate surface area is 156 Å². The lowest BCUT2D eigenvalue weighted by atomic mass is 9.90. The molecule has 1 heterocycles. The Morgan fingerprint density at radius 2 is 1.78 bits per heavy atom. The molecule has 0 bridgehead atoms. The number of rotatable bonds is 5. The van der Waals surface area contributed by atoms with Crippen LogP contribution >= 0.6 is 0 Å². The molecule has 1 aliphatic heterocycles. The summed E-state index contributed by atoms with van der Waals surface area (Å²) >= 11 is 0. The van der Waals surface area contributed by atoms with Crippen molar-refractivity contribution in [2.45, 2.75) is 32.1 Å². The van der Waals surface area contributed by atoms with E-state index in [-0.39, 0.29) is 12.0 Å². The molecule has 1 saturated heterocycles. The summed E-state index contributed by atoms with van der Waals surface area (Å²) in [6, 6.07) is 14.9. The predicted octanol–water partition coefficient (Wildman–Crippen LogP) is 4.99. The van der Waals surface area contributed by atoms with E-state index in [0.29, 0.717) is 19.5 Å². The van der Waals surface area contributed by atoms with Gasteiger partial charge in [0.25, 0.3) is 0 Å². The van der Waals surface area contributed by atoms with Gasteiger partial charge in [0.1, 0.15) is 0 Å². The van der Waals surface area contributed by atoms with Gasteiger partial charge in [0.15, 0.2) is 0 Å². The summed E-state index contributed by atoms with van der Waals surface area (Å²) < 4.78 is 38.5. The number of carboxylic acids is 1. The number of halogens is 3. The van der Waals surface area contributed by atoms with E-state index in [9.17, 15) is 23.1 Å². The SMILES string of the molecule is CC(C(=O)O)C1CC(c2ccc(C(F)(F)F)cc2)N(Cc2ccccc2)C1. The number of alkyl halides is 3. The van der Waals surface area contributed by atoms with Crippen molar-refractivity contribution in [2.24, 2.45) is 11.8 Å². The first-order valence-electron chi connectivity index (χ1n) is 8.93. The molecule has 3 nitrogen and oxygen atoms in total. The molecule has 1 aliphatic rings. The second kappa shape index (κ2) is 7.72. The fourth-order valence-corrected chi connectivity index (χ4v) is 3.74. The number of aliphatic carboxylic acids is 1. The predicted molar refractivity (Wildman–Crippen MR) is 95.9 cm³/mol. The maximum absolute atomic E-state index is 12.8. The van der Waals surface area contributed by atoms with Crippen LogP contribution in [0.25, 0.3) is 0 Å². The largest absolute Gasteiger partial charge is 0.481 e. The first kappa shape index (κ1) is 19.4. The highest BCUT2D eigenvalue weighted by Gasteiger charge is 2.38. The fourth-order valence-electron chi connectivity index (χ4n) is 3.74. The molecule has 2 aromatic rings. The van der Waals surface area contributed by atoms with Crippen molar-refractivity contribution in [2.75, 3.05) is 6.54 Å². The number of nitrogens with zero attached hydrogens (tertiary/aromatic N) is 1. The van der Waals surface area contributed by atoms with Crippen molar-refractivity contribution >= 4 is 5.97 Å². The normalized spacial score (nSPS) is 21.9. The minimum atomic E-state index is -4.36. The second-order valence-electron chi connectivity index (χ2n) is 7.17. The second-order valence-corrected chi connectivity index (χ2v) is 7.17. The number of carboxylic acid groups (broad SMARTS) is 1. The van der Waals surface area contributed by atoms with Crippen LogP contribution in [0, 0.1) is 11.8 Å². The van der Waals surface area contributed by atoms with Crippen LogP contribution in [-0.4, -0.2) is 22.5 Å². The van der Waals surface area contributed by atoms with Crippen LogP contribution in [0.2, 0.25) is 0 Å². The van der Waals surface area contributed by atoms with Gasteiger partial charge in [-0.3, -0.25) is 9.69 Å². The Kier molecular flexibility index (Phi) is 5.56. The van der Waals surface area contributed by atoms with Gasteiger partial charge in [-0.25, -0.2) is 0 Å². The highest BCUT2D eigenvalue weighted by Crippen LogP contribution is 2.40. The molecule has 0 spiro atoms. The summed E-state index contributed by atoms with van der Waals surface area (Å²) in [6.07, 6.45) is -3.75. The Morgan fingerprint density at radius 3 is 2.33 bits per heavy atom. The molecule has 0 radical (unpaired) electrons. The maximum Gasteiger partial charge on any atom is 0.416 e. The third-order valence-electron chi connectivity index (χ3n) is 5.38. The lowest BCUT2D eigenvalue weighted by Crippen LogP contribution is -2.26. The van der Waals surface area contributed by atoms with Crippen molar-refractivity contribution in [1.29, 1.82) is 0 Å². The molecule has 0 aromatic heterocycles. The summed E-state index contributed by atoms with van der Waals surface area (Å²) in [5.74, 6) is -1.38. The Morgan fingerprint density at radius 1 is 1.15 bits per heavy atom. The molecule has 0 amide bonds. The summed E-state index contributed by atoms with van der Waals surface area (Å²) in [6.45, 7) is 2.94. The van der Waals surface area contributed by atoms with Crippen molar-refractivity contribution in [3.63, 3.8) is 0 Å². The monoisotopic (exact) mass is 377 g/mol. The van der Waals surface area contributed by atoms with E-state index in [1.807, 2.05) is 30.3 Å². The number of hydrogen-bond donors (Lipinski definition) is 1. The lowest BCUT2D eigenvalue weighted by molar-refractivity contribution is -0.142. The minimum absolute atomic E-state index is 0.0431. The highest BCUT2D eigenvalue weighted by molar-refractivity contribution is 5.70. The summed E-state index contributed by atoms with van der Waals surface area (Å²) in [4.78, 5) is 13.6. The molecule has 144 valence electrons. The van der Waals surface area contributed by atoms with Gasteiger partial charge in [0.2, 0.25) is 0 Å². The molecule has 3 unspecified atom stereocenters. The molecule has 1 N–H and O–H groups in total. The van der Waals surface area contributed by atoms with Crippen LogP contribution < -0.4 is 0 Å². The highest BCUT2D eigenvalue weighted by atomic mass is 19.4. The molecular weight excluding hydrogens is 355 g/mol. The van der Waals surface area contributed by atoms with Crippen molar-refractivity contribution < 1.29 is 23.1 Å². The van der Waals surface area contributed by atoms with Crippen LogP contribution in [0.3, 0.4) is 0 Å². The maximum atomic E-state index is 12.8. The van der Waals surface area contributed by atoms with E-state index in [2.05, 4.69) is 4.90 Å². The number of likely N-dealkylation sites (tertiary alicyclic amines) is 1. The van der Waals surface area contributed by atoms with Crippen LogP contribution in [0.4, 0.5) is 13.2 Å². The first-order chi connectivity index (χ1) is 12.8. The smallest absolute Gasteiger partial charge is 0.416 e. The zero-order chi connectivity index (χ0) is 19.6. The average molecular weight is 377 g/mol. The summed E-state index contributed by atoms with van der Waals surface area (Å²) in [5.41, 5.74) is 1.21. The number of hydrogen-bond acceptors (Lipinski definition) is 2. The van der Waals surface area contributed by atoms with Gasteiger partial charge in [-0.1, -0.05) is 49.4 Å². The van der Waals surface area contributed by atoms with E-state index >= 15 is 0 Å². The van der Waals surface area contributed by atoms with E-state index in [0.717, 1.165) is 23.3 Å². The lowest BCUT2D eigenvalue weighted by Gasteiger charge is -2.25. The van der Waals surface area contributed by atoms with Gasteiger partial charge in [0.05, 0.1) is 11.5 Å². The van der Waals surface area contributed by atoms with E-state index in [1.165, 1.54) is 12.1 Å². The van der Waals surface area contributed by atoms with Crippen molar-refractivity contribution in [3.05, 3.63) is 71.3 Å². The molecule has 3 rings (SSSR count). The molecule has 2 aromatic carbocycles. The van der Waals surface area contributed by atoms with E-state index in [4.69, 9.17) is 0 Å². The third-order valence-corrected chi connectivity index (χ3v) is 5.38. The van der Waals surface area contributed by atoms with Gasteiger partial charge < -0.3 is 5.11 Å². The fraction of sp³-hybridized carbons (Fsp3) is 0.381. The quantitative estimate of drug-likeness (QED) is 0.798. The summed E-state index contributed by atoms with van der Waals surface area (Å²) in [7, 11) is 0. The molecule has 6 heteroatoms. The van der Waals surface area contributed by atoms with Gasteiger partial charge in [-0.15, -0.1) is 0 Å². The molecule has 27 heavy (non-hydrogen) atoms. The van der Waals surface area contributed by atoms with Crippen LogP contribution in [0.5, 0.6) is 0 Å². The number of benzene rings is 2. The zero-order valence-electron chi connectivity index (χ0n) is 15.0. The molecular formula is C21H22F3NO2. The standard InChI is InChI=1S/C21H22F3NO2/c1-14(20(26)27)17-11-19(16-7-9-18(10-8-16)21(22,23)24)25(13-17)12-15-5-3-2-4-6-15/h2-10,14,17,19H,11-13H2,1H3,(H,26,27). The van der Waals surface area contributed by atoms with Gasteiger partial charge in [-0.05, 0) is 35.6 Å². The van der Waals surface area contributed by atoms with Crippen LogP contribution in [0.1, 0.15) is 36.1 Å². The zero-order valence-corrected chi connectivity index (χ0v) is 15.0. The average Bonchev–Trinajstić information content (AvgIpc) is 3.05. The van der Waals surface area contributed by atoms with Crippen molar-refractivity contribution in [1.82, 2.24) is 4.90 Å². The molecule has 0 aliphatic carbocycles. The third kappa shape index (κ3) is 4.50. The Bertz CT molecular complexity index is 774. The molecule has 1 fully saturated rings. The van der Waals surface area contributed by atoms with E-state index < -0.39 is 23.6 Å². The number of carbonyl (C=O) groups is 1. The van der Waals surface area contributed by atoms with Crippen molar-refractivity contribution in [3.8, 4) is 0 Å². The first-order valence-corrected chi connectivity index (χ1v) is 8.93. The van der Waals surface area contributed by atoms with Crippen LogP contribution in [-0.2, 0) is 17.5 Å². The Balaban J connectivity index is 1.85.